The smallest absolute Gasteiger partial charge is 0.399 e. The van der Waals surface area contributed by atoms with Crippen molar-refractivity contribution in [2.75, 3.05) is 10.6 Å². The Balaban J connectivity index is 2.41. The van der Waals surface area contributed by atoms with Crippen LogP contribution in [-0.2, 0) is 11.3 Å². The van der Waals surface area contributed by atoms with Gasteiger partial charge in [-0.15, -0.1) is 0 Å². The Kier molecular flexibility index (Phi) is 4.58. The number of halogens is 3. The van der Waals surface area contributed by atoms with Crippen LogP contribution in [0.3, 0.4) is 0 Å². The second-order valence-corrected chi connectivity index (χ2v) is 5.26. The molecule has 1 heterocycles. The summed E-state index contributed by atoms with van der Waals surface area (Å²) in [6.45, 7) is 3.29. The number of hydrogen-bond acceptors (Lipinski definition) is 3. The van der Waals surface area contributed by atoms with Crippen molar-refractivity contribution in [2.24, 2.45) is 0 Å². The lowest BCUT2D eigenvalue weighted by Crippen LogP contribution is -2.41. The molecule has 1 amide bonds. The molecule has 0 aliphatic rings. The van der Waals surface area contributed by atoms with Gasteiger partial charge in [0, 0.05) is 17.1 Å². The molecule has 0 atom stereocenters. The summed E-state index contributed by atoms with van der Waals surface area (Å²) in [5, 5.41) is 0. The summed E-state index contributed by atoms with van der Waals surface area (Å²) in [5.74, 6) is -1.94. The van der Waals surface area contributed by atoms with Gasteiger partial charge in [-0.2, -0.15) is 13.2 Å². The standard InChI is InChI=1S/C16H16F3N3O/c1-10-7-11(2)21-13(8-10)9-22(15(23)16(17,18)19)14-5-3-12(20)4-6-14/h3-8H,9,20H2,1-2H3. The van der Waals surface area contributed by atoms with Crippen LogP contribution in [0.2, 0.25) is 0 Å². The van der Waals surface area contributed by atoms with Crippen molar-refractivity contribution in [3.05, 3.63) is 53.3 Å². The number of anilines is 2. The second-order valence-electron chi connectivity index (χ2n) is 5.26. The lowest BCUT2D eigenvalue weighted by atomic mass is 10.2. The van der Waals surface area contributed by atoms with Crippen molar-refractivity contribution in [3.63, 3.8) is 0 Å². The number of carbonyl (C=O) groups excluding carboxylic acids is 1. The van der Waals surface area contributed by atoms with E-state index in [9.17, 15) is 18.0 Å². The van der Waals surface area contributed by atoms with Crippen molar-refractivity contribution in [1.82, 2.24) is 4.98 Å². The number of nitrogens with two attached hydrogens (primary N) is 1. The molecule has 0 aliphatic carbocycles. The fourth-order valence-electron chi connectivity index (χ4n) is 2.26. The predicted octanol–water partition coefficient (Wildman–Crippen LogP) is 3.38. The summed E-state index contributed by atoms with van der Waals surface area (Å²) >= 11 is 0. The van der Waals surface area contributed by atoms with E-state index in [1.807, 2.05) is 13.0 Å². The number of aromatic nitrogens is 1. The van der Waals surface area contributed by atoms with Crippen LogP contribution in [0.4, 0.5) is 24.5 Å². The quantitative estimate of drug-likeness (QED) is 0.881. The number of nitrogens with zero attached hydrogens (tertiary/aromatic N) is 2. The molecule has 0 fully saturated rings. The molecule has 2 aromatic rings. The monoisotopic (exact) mass is 323 g/mol. The van der Waals surface area contributed by atoms with E-state index < -0.39 is 12.1 Å². The summed E-state index contributed by atoms with van der Waals surface area (Å²) in [4.78, 5) is 16.6. The number of benzene rings is 1. The van der Waals surface area contributed by atoms with Gasteiger partial charge >= 0.3 is 12.1 Å². The highest BCUT2D eigenvalue weighted by atomic mass is 19.4. The number of hydrogen-bond donors (Lipinski definition) is 1. The zero-order valence-electron chi connectivity index (χ0n) is 12.7. The van der Waals surface area contributed by atoms with Crippen molar-refractivity contribution >= 4 is 17.3 Å². The topological polar surface area (TPSA) is 59.2 Å². The lowest BCUT2D eigenvalue weighted by molar-refractivity contribution is -0.170. The molecule has 1 aromatic heterocycles. The van der Waals surface area contributed by atoms with E-state index in [0.29, 0.717) is 22.0 Å². The molecular weight excluding hydrogens is 307 g/mol. The molecule has 0 aliphatic heterocycles. The number of alkyl halides is 3. The predicted molar refractivity (Wildman–Crippen MR) is 81.8 cm³/mol. The third kappa shape index (κ3) is 4.21. The van der Waals surface area contributed by atoms with E-state index in [4.69, 9.17) is 5.73 Å². The number of rotatable bonds is 3. The average Bonchev–Trinajstić information content (AvgIpc) is 2.43. The molecule has 0 unspecified atom stereocenters. The first-order valence-electron chi connectivity index (χ1n) is 6.85. The summed E-state index contributed by atoms with van der Waals surface area (Å²) in [7, 11) is 0. The Hall–Kier alpha value is -2.57. The highest BCUT2D eigenvalue weighted by Gasteiger charge is 2.43. The van der Waals surface area contributed by atoms with E-state index in [0.717, 1.165) is 5.56 Å². The van der Waals surface area contributed by atoms with Crippen molar-refractivity contribution < 1.29 is 18.0 Å². The summed E-state index contributed by atoms with van der Waals surface area (Å²) in [5.41, 5.74) is 7.99. The summed E-state index contributed by atoms with van der Waals surface area (Å²) < 4.78 is 38.7. The maximum absolute atomic E-state index is 12.9. The zero-order valence-corrected chi connectivity index (χ0v) is 12.7. The third-order valence-electron chi connectivity index (χ3n) is 3.16. The fourth-order valence-corrected chi connectivity index (χ4v) is 2.26. The molecule has 2 N–H and O–H groups in total. The van der Waals surface area contributed by atoms with Crippen LogP contribution in [0.5, 0.6) is 0 Å². The van der Waals surface area contributed by atoms with Crippen LogP contribution in [-0.4, -0.2) is 17.1 Å². The average molecular weight is 323 g/mol. The zero-order chi connectivity index (χ0) is 17.2. The first kappa shape index (κ1) is 16.8. The molecule has 0 saturated heterocycles. The van der Waals surface area contributed by atoms with Gasteiger partial charge in [0.15, 0.2) is 0 Å². The number of pyridine rings is 1. The molecule has 4 nitrogen and oxygen atoms in total. The number of aryl methyl sites for hydroxylation is 2. The second kappa shape index (κ2) is 6.28. The van der Waals surface area contributed by atoms with Gasteiger partial charge in [-0.05, 0) is 55.8 Å². The molecule has 2 rings (SSSR count). The number of carbonyl (C=O) groups is 1. The lowest BCUT2D eigenvalue weighted by Gasteiger charge is -2.24. The van der Waals surface area contributed by atoms with Crippen LogP contribution in [0.15, 0.2) is 36.4 Å². The fraction of sp³-hybridized carbons (Fsp3) is 0.250. The molecular formula is C16H16F3N3O. The largest absolute Gasteiger partial charge is 0.471 e. The third-order valence-corrected chi connectivity index (χ3v) is 3.16. The van der Waals surface area contributed by atoms with E-state index >= 15 is 0 Å². The van der Waals surface area contributed by atoms with E-state index in [2.05, 4.69) is 4.98 Å². The molecule has 122 valence electrons. The maximum atomic E-state index is 12.9. The van der Waals surface area contributed by atoms with E-state index in [1.165, 1.54) is 24.3 Å². The Bertz CT molecular complexity index is 691. The molecule has 0 spiro atoms. The Labute approximate surface area is 131 Å². The molecule has 0 radical (unpaired) electrons. The molecule has 23 heavy (non-hydrogen) atoms. The SMILES string of the molecule is Cc1cc(C)nc(CN(C(=O)C(F)(F)F)c2ccc(N)cc2)c1. The first-order chi connectivity index (χ1) is 10.7. The van der Waals surface area contributed by atoms with Gasteiger partial charge in [0.05, 0.1) is 12.2 Å². The summed E-state index contributed by atoms with van der Waals surface area (Å²) in [6, 6.07) is 9.11. The minimum atomic E-state index is -4.97. The Morgan fingerprint density at radius 3 is 2.30 bits per heavy atom. The van der Waals surface area contributed by atoms with Gasteiger partial charge in [-0.1, -0.05) is 0 Å². The van der Waals surface area contributed by atoms with Gasteiger partial charge in [0.25, 0.3) is 0 Å². The van der Waals surface area contributed by atoms with Gasteiger partial charge in [0.2, 0.25) is 0 Å². The van der Waals surface area contributed by atoms with Gasteiger partial charge in [-0.25, -0.2) is 0 Å². The molecule has 7 heteroatoms. The van der Waals surface area contributed by atoms with Crippen LogP contribution >= 0.6 is 0 Å². The van der Waals surface area contributed by atoms with Gasteiger partial charge < -0.3 is 5.73 Å². The van der Waals surface area contributed by atoms with Crippen LogP contribution < -0.4 is 10.6 Å². The Morgan fingerprint density at radius 2 is 1.78 bits per heavy atom. The van der Waals surface area contributed by atoms with Crippen molar-refractivity contribution in [3.8, 4) is 0 Å². The van der Waals surface area contributed by atoms with Gasteiger partial charge in [-0.3, -0.25) is 14.7 Å². The molecule has 0 saturated carbocycles. The van der Waals surface area contributed by atoms with Crippen LogP contribution in [0.25, 0.3) is 0 Å². The highest BCUT2D eigenvalue weighted by Crippen LogP contribution is 2.26. The van der Waals surface area contributed by atoms with Crippen molar-refractivity contribution in [1.29, 1.82) is 0 Å². The molecule has 0 bridgehead atoms. The number of nitrogen functional groups attached to an aromatic ring is 1. The molecule has 1 aromatic carbocycles. The highest BCUT2D eigenvalue weighted by molar-refractivity contribution is 5.97. The van der Waals surface area contributed by atoms with Crippen LogP contribution in [0.1, 0.15) is 17.0 Å². The van der Waals surface area contributed by atoms with E-state index in [1.54, 1.807) is 13.0 Å². The normalized spacial score (nSPS) is 11.3. The Morgan fingerprint density at radius 1 is 1.17 bits per heavy atom. The van der Waals surface area contributed by atoms with Gasteiger partial charge in [0.1, 0.15) is 0 Å². The maximum Gasteiger partial charge on any atom is 0.471 e. The minimum Gasteiger partial charge on any atom is -0.399 e. The van der Waals surface area contributed by atoms with Crippen LogP contribution in [0, 0.1) is 13.8 Å². The van der Waals surface area contributed by atoms with Crippen molar-refractivity contribution in [2.45, 2.75) is 26.6 Å². The summed E-state index contributed by atoms with van der Waals surface area (Å²) in [6.07, 6.45) is -4.97. The number of amides is 1. The first-order valence-corrected chi connectivity index (χ1v) is 6.85. The van der Waals surface area contributed by atoms with E-state index in [-0.39, 0.29) is 12.2 Å². The minimum absolute atomic E-state index is 0.113.